The zero-order valence-electron chi connectivity index (χ0n) is 14.0. The van der Waals surface area contributed by atoms with Gasteiger partial charge in [-0.15, -0.1) is 0 Å². The lowest BCUT2D eigenvalue weighted by Crippen LogP contribution is -2.52. The van der Waals surface area contributed by atoms with Gasteiger partial charge in [0.15, 0.2) is 0 Å². The minimum Gasteiger partial charge on any atom is -0.396 e. The highest BCUT2D eigenvalue weighted by Gasteiger charge is 2.52. The van der Waals surface area contributed by atoms with E-state index in [-0.39, 0.29) is 25.0 Å². The number of aromatic nitrogens is 1. The molecule has 0 spiro atoms. The molecule has 2 fully saturated rings. The monoisotopic (exact) mass is 353 g/mol. The van der Waals surface area contributed by atoms with E-state index in [2.05, 4.69) is 4.98 Å². The van der Waals surface area contributed by atoms with Gasteiger partial charge in [-0.1, -0.05) is 6.07 Å². The van der Waals surface area contributed by atoms with Crippen molar-refractivity contribution in [1.29, 1.82) is 0 Å². The SMILES string of the molecule is Cc1cccnc1C(=O)N1CC[C@@H]2CN(S(C)(=O)=O)C[C@]2(CO)C1. The third-order valence-corrected chi connectivity index (χ3v) is 6.53. The van der Waals surface area contributed by atoms with Crippen molar-refractivity contribution in [3.63, 3.8) is 0 Å². The Balaban J connectivity index is 1.84. The summed E-state index contributed by atoms with van der Waals surface area (Å²) in [6.07, 6.45) is 3.47. The molecule has 132 valence electrons. The topological polar surface area (TPSA) is 90.8 Å². The average Bonchev–Trinajstić information content (AvgIpc) is 2.94. The molecule has 2 saturated heterocycles. The molecule has 3 rings (SSSR count). The Bertz CT molecular complexity index is 751. The number of rotatable bonds is 3. The number of amides is 1. The molecule has 0 aromatic carbocycles. The number of hydrogen-bond donors (Lipinski definition) is 1. The van der Waals surface area contributed by atoms with E-state index < -0.39 is 15.4 Å². The van der Waals surface area contributed by atoms with Gasteiger partial charge < -0.3 is 10.0 Å². The number of nitrogens with zero attached hydrogens (tertiary/aromatic N) is 3. The van der Waals surface area contributed by atoms with Gasteiger partial charge in [0.25, 0.3) is 5.91 Å². The highest BCUT2D eigenvalue weighted by molar-refractivity contribution is 7.88. The molecule has 2 aliphatic rings. The number of pyridine rings is 1. The van der Waals surface area contributed by atoms with E-state index in [4.69, 9.17) is 0 Å². The summed E-state index contributed by atoms with van der Waals surface area (Å²) in [6, 6.07) is 3.63. The van der Waals surface area contributed by atoms with Gasteiger partial charge in [0, 0.05) is 37.8 Å². The number of sulfonamides is 1. The molecule has 1 amide bonds. The summed E-state index contributed by atoms with van der Waals surface area (Å²) >= 11 is 0. The van der Waals surface area contributed by atoms with Crippen LogP contribution in [0.1, 0.15) is 22.5 Å². The van der Waals surface area contributed by atoms with Gasteiger partial charge in [0.1, 0.15) is 5.69 Å². The van der Waals surface area contributed by atoms with Gasteiger partial charge in [0.05, 0.1) is 12.9 Å². The van der Waals surface area contributed by atoms with Crippen molar-refractivity contribution in [3.8, 4) is 0 Å². The standard InChI is InChI=1S/C16H23N3O4S/c1-12-4-3-6-17-14(12)15(21)18-7-5-13-8-19(24(2,22)23)10-16(13,9-18)11-20/h3-4,6,13,20H,5,7-11H2,1-2H3/t13-,16+/m1/s1. The van der Waals surface area contributed by atoms with Crippen LogP contribution in [0.3, 0.4) is 0 Å². The number of aliphatic hydroxyl groups is 1. The number of aryl methyl sites for hydroxylation is 1. The van der Waals surface area contributed by atoms with Crippen molar-refractivity contribution in [1.82, 2.24) is 14.2 Å². The summed E-state index contributed by atoms with van der Waals surface area (Å²) in [5, 5.41) is 9.99. The maximum atomic E-state index is 12.8. The van der Waals surface area contributed by atoms with Gasteiger partial charge in [-0.05, 0) is 30.9 Å². The second kappa shape index (κ2) is 6.09. The molecule has 1 N–H and O–H groups in total. The number of likely N-dealkylation sites (tertiary alicyclic amines) is 1. The first-order chi connectivity index (χ1) is 11.3. The molecule has 1 aromatic heterocycles. The summed E-state index contributed by atoms with van der Waals surface area (Å²) in [5.41, 5.74) is 0.647. The summed E-state index contributed by atoms with van der Waals surface area (Å²) in [7, 11) is -3.30. The Morgan fingerprint density at radius 1 is 1.46 bits per heavy atom. The van der Waals surface area contributed by atoms with E-state index in [1.807, 2.05) is 13.0 Å². The smallest absolute Gasteiger partial charge is 0.272 e. The van der Waals surface area contributed by atoms with Crippen LogP contribution < -0.4 is 0 Å². The molecule has 1 aromatic rings. The predicted molar refractivity (Wildman–Crippen MR) is 88.9 cm³/mol. The molecule has 2 atom stereocenters. The van der Waals surface area contributed by atoms with Gasteiger partial charge in [-0.3, -0.25) is 9.78 Å². The highest BCUT2D eigenvalue weighted by atomic mass is 32.2. The lowest BCUT2D eigenvalue weighted by atomic mass is 9.74. The van der Waals surface area contributed by atoms with E-state index in [0.717, 1.165) is 5.56 Å². The van der Waals surface area contributed by atoms with Gasteiger partial charge >= 0.3 is 0 Å². The molecule has 24 heavy (non-hydrogen) atoms. The van der Waals surface area contributed by atoms with Crippen LogP contribution in [0.25, 0.3) is 0 Å². The molecule has 7 nitrogen and oxygen atoms in total. The van der Waals surface area contributed by atoms with Crippen molar-refractivity contribution >= 4 is 15.9 Å². The molecule has 0 saturated carbocycles. The number of carbonyl (C=O) groups excluding carboxylic acids is 1. The number of carbonyl (C=O) groups is 1. The van der Waals surface area contributed by atoms with Crippen molar-refractivity contribution < 1.29 is 18.3 Å². The molecule has 0 unspecified atom stereocenters. The lowest BCUT2D eigenvalue weighted by molar-refractivity contribution is 0.0126. The van der Waals surface area contributed by atoms with Gasteiger partial charge in [-0.2, -0.15) is 0 Å². The van der Waals surface area contributed by atoms with Crippen molar-refractivity contribution in [2.75, 3.05) is 39.0 Å². The number of hydrogen-bond acceptors (Lipinski definition) is 5. The minimum atomic E-state index is -3.30. The summed E-state index contributed by atoms with van der Waals surface area (Å²) in [6.45, 7) is 3.31. The number of fused-ring (bicyclic) bond motifs is 1. The average molecular weight is 353 g/mol. The van der Waals surface area contributed by atoms with Crippen LogP contribution in [0.2, 0.25) is 0 Å². The van der Waals surface area contributed by atoms with Crippen LogP contribution in [-0.2, 0) is 10.0 Å². The third kappa shape index (κ3) is 2.94. The first-order valence-corrected chi connectivity index (χ1v) is 9.88. The Labute approximate surface area is 142 Å². The van der Waals surface area contributed by atoms with Crippen molar-refractivity contribution in [2.24, 2.45) is 11.3 Å². The number of piperidine rings is 1. The van der Waals surface area contributed by atoms with Crippen LogP contribution in [0.4, 0.5) is 0 Å². The van der Waals surface area contributed by atoms with Gasteiger partial charge in [0.2, 0.25) is 10.0 Å². The summed E-state index contributed by atoms with van der Waals surface area (Å²) < 4.78 is 25.2. The zero-order valence-corrected chi connectivity index (χ0v) is 14.8. The van der Waals surface area contributed by atoms with Gasteiger partial charge in [-0.25, -0.2) is 12.7 Å². The minimum absolute atomic E-state index is 0.0751. The first-order valence-electron chi connectivity index (χ1n) is 8.04. The quantitative estimate of drug-likeness (QED) is 0.833. The Morgan fingerprint density at radius 3 is 2.83 bits per heavy atom. The van der Waals surface area contributed by atoms with E-state index >= 15 is 0 Å². The van der Waals surface area contributed by atoms with Crippen molar-refractivity contribution in [2.45, 2.75) is 13.3 Å². The maximum absolute atomic E-state index is 12.8. The van der Waals surface area contributed by atoms with Crippen LogP contribution in [-0.4, -0.2) is 72.7 Å². The molecule has 8 heteroatoms. The largest absolute Gasteiger partial charge is 0.396 e. The zero-order chi connectivity index (χ0) is 17.5. The summed E-state index contributed by atoms with van der Waals surface area (Å²) in [4.78, 5) is 18.7. The molecule has 0 bridgehead atoms. The molecular weight excluding hydrogens is 330 g/mol. The normalized spacial score (nSPS) is 28.0. The Hall–Kier alpha value is -1.51. The molecule has 3 heterocycles. The number of aliphatic hydroxyl groups excluding tert-OH is 1. The van der Waals surface area contributed by atoms with E-state index in [0.29, 0.717) is 31.7 Å². The molecule has 0 aliphatic carbocycles. The Kier molecular flexibility index (Phi) is 4.39. The fourth-order valence-electron chi connectivity index (χ4n) is 3.85. The lowest BCUT2D eigenvalue weighted by Gasteiger charge is -2.43. The molecule has 0 radical (unpaired) electrons. The summed E-state index contributed by atoms with van der Waals surface area (Å²) in [5.74, 6) is -0.0803. The first kappa shape index (κ1) is 17.3. The predicted octanol–water partition coefficient (Wildman–Crippen LogP) is 0.106. The maximum Gasteiger partial charge on any atom is 0.272 e. The van der Waals surface area contributed by atoms with Crippen LogP contribution in [0, 0.1) is 18.3 Å². The molecule has 2 aliphatic heterocycles. The Morgan fingerprint density at radius 2 is 2.21 bits per heavy atom. The van der Waals surface area contributed by atoms with Crippen molar-refractivity contribution in [3.05, 3.63) is 29.6 Å². The van der Waals surface area contributed by atoms with Crippen LogP contribution >= 0.6 is 0 Å². The highest BCUT2D eigenvalue weighted by Crippen LogP contribution is 2.42. The third-order valence-electron chi connectivity index (χ3n) is 5.32. The second-order valence-electron chi connectivity index (χ2n) is 6.96. The van der Waals surface area contributed by atoms with E-state index in [1.54, 1.807) is 17.2 Å². The fourth-order valence-corrected chi connectivity index (χ4v) is 4.79. The molecular formula is C16H23N3O4S. The second-order valence-corrected chi connectivity index (χ2v) is 8.94. The van der Waals surface area contributed by atoms with Crippen LogP contribution in [0.15, 0.2) is 18.3 Å². The van der Waals surface area contributed by atoms with E-state index in [9.17, 15) is 18.3 Å². The fraction of sp³-hybridized carbons (Fsp3) is 0.625. The van der Waals surface area contributed by atoms with Crippen LogP contribution in [0.5, 0.6) is 0 Å². The van der Waals surface area contributed by atoms with E-state index in [1.165, 1.54) is 10.6 Å².